The first kappa shape index (κ1) is 19.5. The molecular formula is C21H26ClN3O2. The van der Waals surface area contributed by atoms with E-state index >= 15 is 0 Å². The van der Waals surface area contributed by atoms with Crippen molar-refractivity contribution in [1.29, 1.82) is 0 Å². The lowest BCUT2D eigenvalue weighted by atomic mass is 10.1. The minimum Gasteiger partial charge on any atom is -0.497 e. The van der Waals surface area contributed by atoms with E-state index in [1.807, 2.05) is 36.4 Å². The van der Waals surface area contributed by atoms with Gasteiger partial charge in [-0.05, 0) is 36.2 Å². The zero-order valence-electron chi connectivity index (χ0n) is 15.7. The summed E-state index contributed by atoms with van der Waals surface area (Å²) >= 11 is 5.88. The lowest BCUT2D eigenvalue weighted by molar-refractivity contribution is -0.122. The molecule has 1 aliphatic rings. The van der Waals surface area contributed by atoms with Crippen LogP contribution in [0.5, 0.6) is 5.75 Å². The molecule has 0 atom stereocenters. The minimum absolute atomic E-state index is 0.0822. The average molecular weight is 388 g/mol. The Kier molecular flexibility index (Phi) is 6.96. The van der Waals surface area contributed by atoms with Gasteiger partial charge >= 0.3 is 0 Å². The van der Waals surface area contributed by atoms with Crippen molar-refractivity contribution in [3.05, 3.63) is 59.1 Å². The van der Waals surface area contributed by atoms with Crippen LogP contribution in [-0.4, -0.2) is 57.2 Å². The van der Waals surface area contributed by atoms with E-state index in [9.17, 15) is 4.79 Å². The van der Waals surface area contributed by atoms with Crippen LogP contribution in [0.25, 0.3) is 0 Å². The quantitative estimate of drug-likeness (QED) is 0.793. The topological polar surface area (TPSA) is 44.8 Å². The molecule has 144 valence electrons. The van der Waals surface area contributed by atoms with Gasteiger partial charge in [-0.1, -0.05) is 29.8 Å². The molecule has 0 spiro atoms. The Balaban J connectivity index is 1.38. The van der Waals surface area contributed by atoms with Gasteiger partial charge in [-0.25, -0.2) is 0 Å². The number of hydrogen-bond donors (Lipinski definition) is 1. The summed E-state index contributed by atoms with van der Waals surface area (Å²) in [6.45, 7) is 4.66. The van der Waals surface area contributed by atoms with Crippen LogP contribution in [0.4, 0.5) is 5.69 Å². The van der Waals surface area contributed by atoms with Crippen LogP contribution in [0, 0.1) is 0 Å². The van der Waals surface area contributed by atoms with E-state index in [-0.39, 0.29) is 5.91 Å². The van der Waals surface area contributed by atoms with Crippen molar-refractivity contribution < 1.29 is 9.53 Å². The van der Waals surface area contributed by atoms with Crippen molar-refractivity contribution in [3.63, 3.8) is 0 Å². The number of amides is 1. The van der Waals surface area contributed by atoms with E-state index in [0.717, 1.165) is 43.4 Å². The third kappa shape index (κ3) is 5.88. The fraction of sp³-hybridized carbons (Fsp3) is 0.381. The third-order valence-electron chi connectivity index (χ3n) is 4.81. The zero-order chi connectivity index (χ0) is 19.1. The summed E-state index contributed by atoms with van der Waals surface area (Å²) in [6.07, 6.45) is 0.812. The van der Waals surface area contributed by atoms with E-state index in [2.05, 4.69) is 27.2 Å². The monoisotopic (exact) mass is 387 g/mol. The summed E-state index contributed by atoms with van der Waals surface area (Å²) in [6, 6.07) is 15.9. The maximum atomic E-state index is 12.2. The summed E-state index contributed by atoms with van der Waals surface area (Å²) in [7, 11) is 1.68. The second-order valence-corrected chi connectivity index (χ2v) is 7.13. The van der Waals surface area contributed by atoms with Crippen molar-refractivity contribution in [2.75, 3.05) is 51.3 Å². The number of carbonyl (C=O) groups excluding carboxylic acids is 1. The van der Waals surface area contributed by atoms with Crippen molar-refractivity contribution in [2.24, 2.45) is 0 Å². The van der Waals surface area contributed by atoms with Gasteiger partial charge in [0, 0.05) is 49.5 Å². The molecule has 1 fully saturated rings. The molecule has 0 saturated carbocycles. The molecule has 0 bridgehead atoms. The number of ether oxygens (including phenoxy) is 1. The van der Waals surface area contributed by atoms with E-state index in [1.165, 1.54) is 11.3 Å². The smallest absolute Gasteiger partial charge is 0.234 e. The number of carbonyl (C=O) groups is 1. The number of anilines is 1. The van der Waals surface area contributed by atoms with Crippen LogP contribution in [0.15, 0.2) is 48.5 Å². The molecule has 0 unspecified atom stereocenters. The molecule has 2 aromatic carbocycles. The Hall–Kier alpha value is -2.24. The Morgan fingerprint density at radius 3 is 2.56 bits per heavy atom. The summed E-state index contributed by atoms with van der Waals surface area (Å²) in [5.74, 6) is 0.953. The average Bonchev–Trinajstić information content (AvgIpc) is 2.70. The van der Waals surface area contributed by atoms with Crippen molar-refractivity contribution >= 4 is 23.2 Å². The van der Waals surface area contributed by atoms with E-state index in [0.29, 0.717) is 13.1 Å². The van der Waals surface area contributed by atoms with E-state index < -0.39 is 0 Å². The van der Waals surface area contributed by atoms with Gasteiger partial charge in [-0.2, -0.15) is 0 Å². The number of piperazine rings is 1. The number of methoxy groups -OCH3 is 1. The number of hydrogen-bond acceptors (Lipinski definition) is 4. The first-order valence-electron chi connectivity index (χ1n) is 9.26. The van der Waals surface area contributed by atoms with Gasteiger partial charge in [0.25, 0.3) is 0 Å². The molecule has 27 heavy (non-hydrogen) atoms. The third-order valence-corrected chi connectivity index (χ3v) is 5.06. The molecule has 1 saturated heterocycles. The Labute approximate surface area is 165 Å². The van der Waals surface area contributed by atoms with Gasteiger partial charge < -0.3 is 15.0 Å². The fourth-order valence-corrected chi connectivity index (χ4v) is 3.35. The molecule has 1 aliphatic heterocycles. The van der Waals surface area contributed by atoms with Crippen LogP contribution in [0.1, 0.15) is 5.56 Å². The summed E-state index contributed by atoms with van der Waals surface area (Å²) in [5.41, 5.74) is 2.34. The van der Waals surface area contributed by atoms with Crippen LogP contribution < -0.4 is 15.0 Å². The summed E-state index contributed by atoms with van der Waals surface area (Å²) in [5, 5.41) is 3.74. The normalized spacial score (nSPS) is 14.8. The lowest BCUT2D eigenvalue weighted by Gasteiger charge is -2.35. The molecule has 0 radical (unpaired) electrons. The highest BCUT2D eigenvalue weighted by Crippen LogP contribution is 2.22. The van der Waals surface area contributed by atoms with Crippen LogP contribution in [-0.2, 0) is 11.2 Å². The first-order valence-corrected chi connectivity index (χ1v) is 9.64. The predicted octanol–water partition coefficient (Wildman–Crippen LogP) is 2.83. The molecule has 2 aromatic rings. The van der Waals surface area contributed by atoms with Gasteiger partial charge in [0.2, 0.25) is 5.91 Å². The lowest BCUT2D eigenvalue weighted by Crippen LogP contribution is -2.49. The molecule has 1 heterocycles. The van der Waals surface area contributed by atoms with E-state index in [1.54, 1.807) is 7.11 Å². The number of rotatable bonds is 7. The van der Waals surface area contributed by atoms with Gasteiger partial charge in [0.05, 0.1) is 13.7 Å². The molecule has 6 heteroatoms. The molecule has 1 amide bonds. The summed E-state index contributed by atoms with van der Waals surface area (Å²) < 4.78 is 5.30. The molecule has 5 nitrogen and oxygen atoms in total. The van der Waals surface area contributed by atoms with Crippen molar-refractivity contribution in [3.8, 4) is 5.75 Å². The number of benzene rings is 2. The summed E-state index contributed by atoms with van der Waals surface area (Å²) in [4.78, 5) is 16.7. The zero-order valence-corrected chi connectivity index (χ0v) is 16.4. The molecule has 0 aliphatic carbocycles. The molecule has 3 rings (SSSR count). The predicted molar refractivity (Wildman–Crippen MR) is 110 cm³/mol. The Morgan fingerprint density at radius 2 is 1.85 bits per heavy atom. The highest BCUT2D eigenvalue weighted by Gasteiger charge is 2.19. The van der Waals surface area contributed by atoms with Gasteiger partial charge in [-0.15, -0.1) is 0 Å². The standard InChI is InChI=1S/C21H26ClN3O2/c1-27-20-4-2-3-19(15-20)25-13-11-24(12-14-25)16-21(26)23-10-9-17-5-7-18(22)8-6-17/h2-8,15H,9-14,16H2,1H3,(H,23,26). The highest BCUT2D eigenvalue weighted by molar-refractivity contribution is 6.30. The largest absolute Gasteiger partial charge is 0.497 e. The molecule has 1 N–H and O–H groups in total. The fourth-order valence-electron chi connectivity index (χ4n) is 3.23. The highest BCUT2D eigenvalue weighted by atomic mass is 35.5. The van der Waals surface area contributed by atoms with Gasteiger partial charge in [0.15, 0.2) is 0 Å². The molecule has 0 aromatic heterocycles. The maximum Gasteiger partial charge on any atom is 0.234 e. The molecular weight excluding hydrogens is 362 g/mol. The second-order valence-electron chi connectivity index (χ2n) is 6.69. The van der Waals surface area contributed by atoms with Crippen LogP contribution in [0.2, 0.25) is 5.02 Å². The van der Waals surface area contributed by atoms with Gasteiger partial charge in [-0.3, -0.25) is 9.69 Å². The van der Waals surface area contributed by atoms with Crippen LogP contribution in [0.3, 0.4) is 0 Å². The number of nitrogens with one attached hydrogen (secondary N) is 1. The number of halogens is 1. The van der Waals surface area contributed by atoms with Crippen molar-refractivity contribution in [1.82, 2.24) is 10.2 Å². The van der Waals surface area contributed by atoms with Crippen molar-refractivity contribution in [2.45, 2.75) is 6.42 Å². The van der Waals surface area contributed by atoms with Crippen LogP contribution >= 0.6 is 11.6 Å². The maximum absolute atomic E-state index is 12.2. The SMILES string of the molecule is COc1cccc(N2CCN(CC(=O)NCCc3ccc(Cl)cc3)CC2)c1. The second kappa shape index (κ2) is 9.62. The van der Waals surface area contributed by atoms with E-state index in [4.69, 9.17) is 16.3 Å². The first-order chi connectivity index (χ1) is 13.1. The van der Waals surface area contributed by atoms with Gasteiger partial charge in [0.1, 0.15) is 5.75 Å². The number of nitrogens with zero attached hydrogens (tertiary/aromatic N) is 2. The minimum atomic E-state index is 0.0822. The Morgan fingerprint density at radius 1 is 1.11 bits per heavy atom. The Bertz CT molecular complexity index is 743.